The van der Waals surface area contributed by atoms with E-state index in [9.17, 15) is 4.79 Å². The minimum atomic E-state index is -0.0613. The van der Waals surface area contributed by atoms with E-state index in [0.717, 1.165) is 6.42 Å². The lowest BCUT2D eigenvalue weighted by Gasteiger charge is -2.26. The Kier molecular flexibility index (Phi) is 2.11. The SMILES string of the molecule is C#CCNC(=O)N1CC2CC1CO2. The number of carbonyl (C=O) groups excluding carboxylic acids is 1. The number of hydrogen-bond donors (Lipinski definition) is 1. The van der Waals surface area contributed by atoms with Gasteiger partial charge in [0.2, 0.25) is 0 Å². The van der Waals surface area contributed by atoms with Crippen molar-refractivity contribution in [1.82, 2.24) is 10.2 Å². The van der Waals surface area contributed by atoms with Gasteiger partial charge in [-0.3, -0.25) is 0 Å². The monoisotopic (exact) mass is 180 g/mol. The van der Waals surface area contributed by atoms with Gasteiger partial charge >= 0.3 is 6.03 Å². The van der Waals surface area contributed by atoms with Crippen molar-refractivity contribution < 1.29 is 9.53 Å². The number of terminal acetylenes is 1. The van der Waals surface area contributed by atoms with Crippen molar-refractivity contribution in [3.63, 3.8) is 0 Å². The Morgan fingerprint density at radius 1 is 1.77 bits per heavy atom. The molecule has 0 saturated carbocycles. The minimum absolute atomic E-state index is 0.0613. The molecule has 4 nitrogen and oxygen atoms in total. The standard InChI is InChI=1S/C9H12N2O2/c1-2-3-10-9(12)11-5-8-4-7(11)6-13-8/h1,7-8H,3-6H2,(H,10,12). The van der Waals surface area contributed by atoms with E-state index in [0.29, 0.717) is 19.7 Å². The molecule has 2 unspecified atom stereocenters. The number of nitrogens with one attached hydrogen (secondary N) is 1. The highest BCUT2D eigenvalue weighted by molar-refractivity contribution is 5.75. The van der Waals surface area contributed by atoms with E-state index in [1.807, 2.05) is 4.90 Å². The molecule has 13 heavy (non-hydrogen) atoms. The number of carbonyl (C=O) groups is 1. The summed E-state index contributed by atoms with van der Waals surface area (Å²) in [6, 6.07) is 0.205. The first-order valence-corrected chi connectivity index (χ1v) is 4.41. The molecule has 2 atom stereocenters. The maximum absolute atomic E-state index is 11.5. The Morgan fingerprint density at radius 3 is 3.15 bits per heavy atom. The van der Waals surface area contributed by atoms with E-state index < -0.39 is 0 Å². The molecule has 2 aliphatic heterocycles. The van der Waals surface area contributed by atoms with E-state index in [2.05, 4.69) is 11.2 Å². The number of amides is 2. The van der Waals surface area contributed by atoms with Gasteiger partial charge in [0, 0.05) is 6.54 Å². The molecule has 0 radical (unpaired) electrons. The van der Waals surface area contributed by atoms with Crippen molar-refractivity contribution in [2.75, 3.05) is 19.7 Å². The molecule has 0 spiro atoms. The molecular formula is C9H12N2O2. The Morgan fingerprint density at radius 2 is 2.62 bits per heavy atom. The Balaban J connectivity index is 1.88. The maximum atomic E-state index is 11.5. The van der Waals surface area contributed by atoms with Gasteiger partial charge in [-0.2, -0.15) is 0 Å². The summed E-state index contributed by atoms with van der Waals surface area (Å²) in [6.07, 6.45) is 6.27. The third-order valence-electron chi connectivity index (χ3n) is 2.50. The van der Waals surface area contributed by atoms with E-state index >= 15 is 0 Å². The van der Waals surface area contributed by atoms with Crippen molar-refractivity contribution in [1.29, 1.82) is 0 Å². The van der Waals surface area contributed by atoms with Crippen molar-refractivity contribution in [3.05, 3.63) is 0 Å². The van der Waals surface area contributed by atoms with Gasteiger partial charge in [0.05, 0.1) is 25.3 Å². The smallest absolute Gasteiger partial charge is 0.318 e. The zero-order chi connectivity index (χ0) is 9.26. The first-order valence-electron chi connectivity index (χ1n) is 4.41. The highest BCUT2D eigenvalue weighted by atomic mass is 16.5. The fraction of sp³-hybridized carbons (Fsp3) is 0.667. The van der Waals surface area contributed by atoms with Crippen LogP contribution in [-0.2, 0) is 4.74 Å². The molecule has 0 aromatic rings. The Hall–Kier alpha value is -1.21. The van der Waals surface area contributed by atoms with Crippen molar-refractivity contribution in [2.24, 2.45) is 0 Å². The summed E-state index contributed by atoms with van der Waals surface area (Å²) >= 11 is 0. The number of urea groups is 1. The van der Waals surface area contributed by atoms with Crippen LogP contribution in [0.2, 0.25) is 0 Å². The Bertz CT molecular complexity index is 259. The molecule has 2 fully saturated rings. The fourth-order valence-corrected chi connectivity index (χ4v) is 1.88. The zero-order valence-electron chi connectivity index (χ0n) is 7.32. The van der Waals surface area contributed by atoms with Gasteiger partial charge < -0.3 is 15.0 Å². The predicted octanol–water partition coefficient (Wildman–Crippen LogP) is -0.198. The first kappa shape index (κ1) is 8.39. The second-order valence-corrected chi connectivity index (χ2v) is 3.36. The van der Waals surface area contributed by atoms with Gasteiger partial charge in [0.1, 0.15) is 0 Å². The largest absolute Gasteiger partial charge is 0.374 e. The van der Waals surface area contributed by atoms with Crippen LogP contribution in [0.25, 0.3) is 0 Å². The van der Waals surface area contributed by atoms with Gasteiger partial charge in [-0.05, 0) is 6.42 Å². The molecular weight excluding hydrogens is 168 g/mol. The van der Waals surface area contributed by atoms with Crippen molar-refractivity contribution in [3.8, 4) is 12.3 Å². The lowest BCUT2D eigenvalue weighted by molar-refractivity contribution is 0.0448. The number of ether oxygens (including phenoxy) is 1. The molecule has 0 aromatic carbocycles. The van der Waals surface area contributed by atoms with Crippen LogP contribution in [0.1, 0.15) is 6.42 Å². The highest BCUT2D eigenvalue weighted by Gasteiger charge is 2.41. The summed E-state index contributed by atoms with van der Waals surface area (Å²) in [5, 5.41) is 2.65. The van der Waals surface area contributed by atoms with Crippen LogP contribution in [0.4, 0.5) is 4.79 Å². The van der Waals surface area contributed by atoms with Crippen LogP contribution in [0.3, 0.4) is 0 Å². The molecule has 0 aromatic heterocycles. The quantitative estimate of drug-likeness (QED) is 0.568. The van der Waals surface area contributed by atoms with Gasteiger partial charge in [0.25, 0.3) is 0 Å². The average molecular weight is 180 g/mol. The number of morpholine rings is 1. The lowest BCUT2D eigenvalue weighted by atomic mass is 10.2. The van der Waals surface area contributed by atoms with E-state index in [1.54, 1.807) is 0 Å². The van der Waals surface area contributed by atoms with E-state index in [4.69, 9.17) is 11.2 Å². The zero-order valence-corrected chi connectivity index (χ0v) is 7.32. The normalized spacial score (nSPS) is 30.2. The van der Waals surface area contributed by atoms with E-state index in [1.165, 1.54) is 0 Å². The predicted molar refractivity (Wildman–Crippen MR) is 47.1 cm³/mol. The lowest BCUT2D eigenvalue weighted by Crippen LogP contribution is -2.46. The Labute approximate surface area is 77.2 Å². The van der Waals surface area contributed by atoms with Gasteiger partial charge in [-0.15, -0.1) is 6.42 Å². The van der Waals surface area contributed by atoms with Crippen LogP contribution < -0.4 is 5.32 Å². The molecule has 2 heterocycles. The summed E-state index contributed by atoms with van der Waals surface area (Å²) in [4.78, 5) is 13.3. The number of nitrogens with zero attached hydrogens (tertiary/aromatic N) is 1. The second kappa shape index (κ2) is 3.27. The first-order chi connectivity index (χ1) is 6.31. The summed E-state index contributed by atoms with van der Waals surface area (Å²) < 4.78 is 5.37. The number of hydrogen-bond acceptors (Lipinski definition) is 2. The molecule has 2 amide bonds. The number of rotatable bonds is 1. The molecule has 2 aliphatic rings. The molecule has 0 aliphatic carbocycles. The van der Waals surface area contributed by atoms with Crippen LogP contribution in [0, 0.1) is 12.3 Å². The molecule has 4 heteroatoms. The topological polar surface area (TPSA) is 41.6 Å². The average Bonchev–Trinajstić information content (AvgIpc) is 2.74. The van der Waals surface area contributed by atoms with Crippen LogP contribution in [0.5, 0.6) is 0 Å². The summed E-state index contributed by atoms with van der Waals surface area (Å²) in [7, 11) is 0. The highest BCUT2D eigenvalue weighted by Crippen LogP contribution is 2.27. The van der Waals surface area contributed by atoms with Gasteiger partial charge in [-0.25, -0.2) is 4.79 Å². The van der Waals surface area contributed by atoms with E-state index in [-0.39, 0.29) is 18.2 Å². The van der Waals surface area contributed by atoms with Gasteiger partial charge in [0.15, 0.2) is 0 Å². The van der Waals surface area contributed by atoms with Gasteiger partial charge in [-0.1, -0.05) is 5.92 Å². The van der Waals surface area contributed by atoms with Crippen molar-refractivity contribution >= 4 is 6.03 Å². The summed E-state index contributed by atoms with van der Waals surface area (Å²) in [5.74, 6) is 2.38. The third kappa shape index (κ3) is 1.47. The molecule has 70 valence electrons. The van der Waals surface area contributed by atoms with Crippen LogP contribution in [0.15, 0.2) is 0 Å². The number of fused-ring (bicyclic) bond motifs is 2. The molecule has 2 rings (SSSR count). The summed E-state index contributed by atoms with van der Waals surface area (Å²) in [6.45, 7) is 1.68. The molecule has 2 bridgehead atoms. The fourth-order valence-electron chi connectivity index (χ4n) is 1.88. The minimum Gasteiger partial charge on any atom is -0.374 e. The van der Waals surface area contributed by atoms with Crippen LogP contribution >= 0.6 is 0 Å². The molecule has 1 N–H and O–H groups in total. The van der Waals surface area contributed by atoms with Crippen molar-refractivity contribution in [2.45, 2.75) is 18.6 Å². The maximum Gasteiger partial charge on any atom is 0.318 e. The third-order valence-corrected chi connectivity index (χ3v) is 2.50. The van der Waals surface area contributed by atoms with Crippen LogP contribution in [-0.4, -0.2) is 42.8 Å². The second-order valence-electron chi connectivity index (χ2n) is 3.36. The number of likely N-dealkylation sites (tertiary alicyclic amines) is 1. The summed E-state index contributed by atoms with van der Waals surface area (Å²) in [5.41, 5.74) is 0. The molecule has 2 saturated heterocycles.